The molecule has 0 radical (unpaired) electrons. The second kappa shape index (κ2) is 15.6. The van der Waals surface area contributed by atoms with Crippen LogP contribution in [0, 0.1) is 17.3 Å². The van der Waals surface area contributed by atoms with Gasteiger partial charge in [-0.3, -0.25) is 0 Å². The average Bonchev–Trinajstić information content (AvgIpc) is 2.90. The first-order chi connectivity index (χ1) is 17.7. The van der Waals surface area contributed by atoms with Crippen LogP contribution in [0.3, 0.4) is 0 Å². The maximum Gasteiger partial charge on any atom is 0.338 e. The van der Waals surface area contributed by atoms with Crippen LogP contribution in [0.15, 0.2) is 48.5 Å². The molecule has 0 aliphatic heterocycles. The predicted molar refractivity (Wildman–Crippen MR) is 152 cm³/mol. The van der Waals surface area contributed by atoms with Gasteiger partial charge in [0.15, 0.2) is 0 Å². The Labute approximate surface area is 225 Å². The number of unbranched alkanes of at least 4 members (excludes halogenated alkanes) is 2. The second-order valence-corrected chi connectivity index (χ2v) is 11.2. The van der Waals surface area contributed by atoms with E-state index in [1.54, 1.807) is 0 Å². The van der Waals surface area contributed by atoms with Crippen molar-refractivity contribution in [3.05, 3.63) is 70.8 Å². The number of benzene rings is 2. The molecular weight excluding hydrogens is 460 g/mol. The first kappa shape index (κ1) is 30.6. The molecule has 2 aromatic rings. The third-order valence-electron chi connectivity index (χ3n) is 7.44. The van der Waals surface area contributed by atoms with E-state index >= 15 is 0 Å². The summed E-state index contributed by atoms with van der Waals surface area (Å²) in [7, 11) is 0. The SMILES string of the molecule is CCCCc1ccc(C(=O)OCC(CCC(C)C)(COC(=O)c2ccc(CCCC)cc2)C(C)C)cc1. The fourth-order valence-electron chi connectivity index (χ4n) is 4.35. The molecular formula is C33H48O4. The summed E-state index contributed by atoms with van der Waals surface area (Å²) in [6.45, 7) is 13.4. The van der Waals surface area contributed by atoms with E-state index in [0.29, 0.717) is 17.0 Å². The summed E-state index contributed by atoms with van der Waals surface area (Å²) in [5.74, 6) is 0.00626. The Kier molecular flexibility index (Phi) is 12.9. The number of carbonyl (C=O) groups is 2. The average molecular weight is 509 g/mol. The molecule has 2 aromatic carbocycles. The van der Waals surface area contributed by atoms with Crippen LogP contribution in [0.2, 0.25) is 0 Å². The molecule has 0 fully saturated rings. The van der Waals surface area contributed by atoms with Crippen molar-refractivity contribution in [2.45, 2.75) is 92.9 Å². The summed E-state index contributed by atoms with van der Waals surface area (Å²) in [5.41, 5.74) is 3.13. The highest BCUT2D eigenvalue weighted by atomic mass is 16.5. The Balaban J connectivity index is 2.09. The number of esters is 2. The largest absolute Gasteiger partial charge is 0.461 e. The summed E-state index contributed by atoms with van der Waals surface area (Å²) in [6, 6.07) is 15.4. The zero-order valence-electron chi connectivity index (χ0n) is 24.0. The zero-order valence-corrected chi connectivity index (χ0v) is 24.0. The van der Waals surface area contributed by atoms with Crippen LogP contribution in [0.5, 0.6) is 0 Å². The number of hydrogen-bond donors (Lipinski definition) is 0. The molecule has 37 heavy (non-hydrogen) atoms. The highest BCUT2D eigenvalue weighted by molar-refractivity contribution is 5.90. The van der Waals surface area contributed by atoms with Crippen LogP contribution >= 0.6 is 0 Å². The smallest absolute Gasteiger partial charge is 0.338 e. The molecule has 0 amide bonds. The van der Waals surface area contributed by atoms with Gasteiger partial charge in [0.1, 0.15) is 13.2 Å². The molecule has 2 rings (SSSR count). The summed E-state index contributed by atoms with van der Waals surface area (Å²) >= 11 is 0. The molecule has 0 N–H and O–H groups in total. The Morgan fingerprint density at radius 2 is 1.11 bits per heavy atom. The fraction of sp³-hybridized carbons (Fsp3) is 0.576. The van der Waals surface area contributed by atoms with Crippen LogP contribution in [0.25, 0.3) is 0 Å². The summed E-state index contributed by atoms with van der Waals surface area (Å²) in [5, 5.41) is 0. The maximum absolute atomic E-state index is 12.9. The summed E-state index contributed by atoms with van der Waals surface area (Å²) in [6.07, 6.45) is 8.38. The highest BCUT2D eigenvalue weighted by Gasteiger charge is 2.37. The van der Waals surface area contributed by atoms with Gasteiger partial charge in [-0.2, -0.15) is 0 Å². The summed E-state index contributed by atoms with van der Waals surface area (Å²) < 4.78 is 11.7. The number of hydrogen-bond acceptors (Lipinski definition) is 4. The van der Waals surface area contributed by atoms with Crippen molar-refractivity contribution < 1.29 is 19.1 Å². The minimum absolute atomic E-state index is 0.166. The Hall–Kier alpha value is -2.62. The van der Waals surface area contributed by atoms with Crippen LogP contribution in [-0.4, -0.2) is 25.2 Å². The van der Waals surface area contributed by atoms with Gasteiger partial charge in [0.25, 0.3) is 0 Å². The Bertz CT molecular complexity index is 874. The fourth-order valence-corrected chi connectivity index (χ4v) is 4.35. The third-order valence-corrected chi connectivity index (χ3v) is 7.44. The van der Waals surface area contributed by atoms with Gasteiger partial charge in [0, 0.05) is 5.41 Å². The molecule has 0 aromatic heterocycles. The molecule has 4 nitrogen and oxygen atoms in total. The van der Waals surface area contributed by atoms with Crippen molar-refractivity contribution in [1.29, 1.82) is 0 Å². The lowest BCUT2D eigenvalue weighted by Crippen LogP contribution is -2.39. The predicted octanol–water partition coefficient (Wildman–Crippen LogP) is 8.46. The van der Waals surface area contributed by atoms with Crippen molar-refractivity contribution >= 4 is 11.9 Å². The van der Waals surface area contributed by atoms with Crippen LogP contribution in [0.4, 0.5) is 0 Å². The molecule has 204 valence electrons. The topological polar surface area (TPSA) is 52.6 Å². The molecule has 0 aliphatic carbocycles. The molecule has 0 spiro atoms. The molecule has 0 heterocycles. The maximum atomic E-state index is 12.9. The lowest BCUT2D eigenvalue weighted by atomic mass is 9.73. The van der Waals surface area contributed by atoms with Gasteiger partial charge in [-0.15, -0.1) is 0 Å². The molecule has 0 saturated carbocycles. The molecule has 0 bridgehead atoms. The quantitative estimate of drug-likeness (QED) is 0.213. The van der Waals surface area contributed by atoms with Gasteiger partial charge in [0.2, 0.25) is 0 Å². The third kappa shape index (κ3) is 9.98. The number of carbonyl (C=O) groups excluding carboxylic acids is 2. The molecule has 4 heteroatoms. The van der Waals surface area contributed by atoms with Crippen molar-refractivity contribution in [2.75, 3.05) is 13.2 Å². The lowest BCUT2D eigenvalue weighted by Gasteiger charge is -2.37. The van der Waals surface area contributed by atoms with Crippen LogP contribution < -0.4 is 0 Å². The first-order valence-electron chi connectivity index (χ1n) is 14.2. The monoisotopic (exact) mass is 508 g/mol. The van der Waals surface area contributed by atoms with Crippen molar-refractivity contribution in [3.8, 4) is 0 Å². The summed E-state index contributed by atoms with van der Waals surface area (Å²) in [4.78, 5) is 25.8. The Morgan fingerprint density at radius 3 is 1.43 bits per heavy atom. The minimum Gasteiger partial charge on any atom is -0.461 e. The van der Waals surface area contributed by atoms with E-state index in [2.05, 4.69) is 41.5 Å². The van der Waals surface area contributed by atoms with E-state index in [0.717, 1.165) is 51.4 Å². The molecule has 0 unspecified atom stereocenters. The molecule has 0 atom stereocenters. The van der Waals surface area contributed by atoms with Crippen molar-refractivity contribution in [3.63, 3.8) is 0 Å². The van der Waals surface area contributed by atoms with Crippen molar-refractivity contribution in [2.24, 2.45) is 17.3 Å². The number of ether oxygens (including phenoxy) is 2. The Morgan fingerprint density at radius 1 is 0.703 bits per heavy atom. The lowest BCUT2D eigenvalue weighted by molar-refractivity contribution is -0.0304. The van der Waals surface area contributed by atoms with E-state index in [1.165, 1.54) is 11.1 Å². The zero-order chi connectivity index (χ0) is 27.3. The highest BCUT2D eigenvalue weighted by Crippen LogP contribution is 2.36. The van der Waals surface area contributed by atoms with Gasteiger partial charge < -0.3 is 9.47 Å². The normalized spacial score (nSPS) is 11.7. The van der Waals surface area contributed by atoms with E-state index in [9.17, 15) is 9.59 Å². The van der Waals surface area contributed by atoms with Crippen LogP contribution in [0.1, 0.15) is 112 Å². The van der Waals surface area contributed by atoms with Crippen LogP contribution in [-0.2, 0) is 22.3 Å². The van der Waals surface area contributed by atoms with E-state index < -0.39 is 5.41 Å². The van der Waals surface area contributed by atoms with Gasteiger partial charge in [-0.1, -0.05) is 85.1 Å². The van der Waals surface area contributed by atoms with E-state index in [-0.39, 0.29) is 31.1 Å². The standard InChI is InChI=1S/C33H48O4/c1-7-9-11-27-13-17-29(18-14-27)31(34)36-23-33(26(5)6,22-21-25(3)4)24-37-32(35)30-19-15-28(16-20-30)12-10-8-2/h13-20,25-26H,7-12,21-24H2,1-6H3. The van der Waals surface area contributed by atoms with Gasteiger partial charge >= 0.3 is 11.9 Å². The molecule has 0 saturated heterocycles. The van der Waals surface area contributed by atoms with Gasteiger partial charge in [-0.25, -0.2) is 9.59 Å². The van der Waals surface area contributed by atoms with E-state index in [1.807, 2.05) is 48.5 Å². The number of aryl methyl sites for hydroxylation is 2. The van der Waals surface area contributed by atoms with E-state index in [4.69, 9.17) is 9.47 Å². The first-order valence-corrected chi connectivity index (χ1v) is 14.2. The van der Waals surface area contributed by atoms with Crippen molar-refractivity contribution in [1.82, 2.24) is 0 Å². The second-order valence-electron chi connectivity index (χ2n) is 11.2. The number of rotatable bonds is 16. The van der Waals surface area contributed by atoms with Gasteiger partial charge in [0.05, 0.1) is 11.1 Å². The minimum atomic E-state index is -0.447. The molecule has 0 aliphatic rings. The van der Waals surface area contributed by atoms with Gasteiger partial charge in [-0.05, 0) is 79.3 Å².